The Kier molecular flexibility index (Phi) is 4.37. The van der Waals surface area contributed by atoms with E-state index >= 15 is 0 Å². The van der Waals surface area contributed by atoms with Gasteiger partial charge in [-0.15, -0.1) is 6.58 Å². The predicted octanol–water partition coefficient (Wildman–Crippen LogP) is 5.54. The van der Waals surface area contributed by atoms with Crippen LogP contribution in [0.25, 0.3) is 34.1 Å². The topological polar surface area (TPSA) is 12.4 Å². The number of fused-ring (bicyclic) bond motifs is 8. The lowest BCUT2D eigenvalue weighted by Crippen LogP contribution is -2.29. The van der Waals surface area contributed by atoms with Gasteiger partial charge in [-0.2, -0.15) is 0 Å². The number of hydrogen-bond donors (Lipinski definition) is 0. The first kappa shape index (κ1) is 16.0. The molecule has 0 N–H and O–H groups in total. The molecule has 1 aliphatic carbocycles. The van der Waals surface area contributed by atoms with Gasteiger partial charge in [0.25, 0.3) is 0 Å². The maximum absolute atomic E-state index is 4.91. The summed E-state index contributed by atoms with van der Waals surface area (Å²) in [6, 6.07) is 17.1. The highest BCUT2D eigenvalue weighted by molar-refractivity contribution is 9.09. The summed E-state index contributed by atoms with van der Waals surface area (Å²) in [6.07, 6.45) is 9.55. The summed E-state index contributed by atoms with van der Waals surface area (Å²) in [5.41, 5.74) is 4.96. The number of para-hydroxylation sites is 1. The van der Waals surface area contributed by atoms with Gasteiger partial charge < -0.3 is 0 Å². The fourth-order valence-corrected chi connectivity index (χ4v) is 3.52. The molecule has 3 aromatic rings. The summed E-state index contributed by atoms with van der Waals surface area (Å²) in [6.45, 7) is 3.43. The van der Waals surface area contributed by atoms with Gasteiger partial charge >= 0.3 is 0 Å². The molecule has 0 saturated heterocycles. The van der Waals surface area contributed by atoms with Gasteiger partial charge in [0.15, 0.2) is 0 Å². The van der Waals surface area contributed by atoms with Gasteiger partial charge in [0.2, 0.25) is 0 Å². The molecule has 0 unspecified atom stereocenters. The van der Waals surface area contributed by atoms with Crippen LogP contribution in [0.5, 0.6) is 0 Å². The van der Waals surface area contributed by atoms with Crippen molar-refractivity contribution in [3.8, 4) is 11.1 Å². The van der Waals surface area contributed by atoms with Crippen LogP contribution in [0, 0.1) is 0 Å². The number of allylic oxidation sites excluding steroid dienone is 2. The highest BCUT2D eigenvalue weighted by atomic mass is 79.9. The molecule has 0 saturated carbocycles. The van der Waals surface area contributed by atoms with Gasteiger partial charge in [-0.25, -0.2) is 4.99 Å². The molecule has 3 aromatic carbocycles. The number of nitrogens with zero attached hydrogens (tertiary/aromatic N) is 1. The van der Waals surface area contributed by atoms with Gasteiger partial charge in [-0.1, -0.05) is 82.7 Å². The summed E-state index contributed by atoms with van der Waals surface area (Å²) in [4.78, 5) is 4.91. The van der Waals surface area contributed by atoms with Crippen LogP contribution < -0.4 is 10.6 Å². The quantitative estimate of drug-likeness (QED) is 0.300. The van der Waals surface area contributed by atoms with Crippen molar-refractivity contribution in [2.45, 2.75) is 6.42 Å². The van der Waals surface area contributed by atoms with Crippen molar-refractivity contribution in [2.75, 3.05) is 5.33 Å². The van der Waals surface area contributed by atoms with Crippen LogP contribution in [0.15, 0.2) is 72.3 Å². The van der Waals surface area contributed by atoms with E-state index in [1.54, 1.807) is 6.08 Å². The number of alkyl halides is 1. The third-order valence-corrected chi connectivity index (χ3v) is 4.98. The first-order valence-electron chi connectivity index (χ1n) is 8.41. The molecule has 0 bridgehead atoms. The zero-order valence-electron chi connectivity index (χ0n) is 13.9. The largest absolute Gasteiger partial charge is 0.247 e. The molecule has 122 valence electrons. The van der Waals surface area contributed by atoms with Gasteiger partial charge in [-0.05, 0) is 28.8 Å². The molecule has 2 aliphatic rings. The monoisotopic (exact) mass is 387 g/mol. The minimum absolute atomic E-state index is 0.896. The molecule has 0 amide bonds. The van der Waals surface area contributed by atoms with E-state index in [0.717, 1.165) is 22.8 Å². The average molecular weight is 388 g/mol. The summed E-state index contributed by atoms with van der Waals surface area (Å²) >= 11 is 3.13. The van der Waals surface area contributed by atoms with Crippen LogP contribution in [0.4, 0.5) is 5.69 Å². The second-order valence-corrected chi connectivity index (χ2v) is 6.66. The average Bonchev–Trinajstić information content (AvgIpc) is 3.08. The molecular weight excluding hydrogens is 370 g/mol. The molecule has 25 heavy (non-hydrogen) atoms. The van der Waals surface area contributed by atoms with E-state index in [1.807, 2.05) is 0 Å². The zero-order valence-corrected chi connectivity index (χ0v) is 15.5. The smallest absolute Gasteiger partial charge is 0.0798 e. The van der Waals surface area contributed by atoms with Gasteiger partial charge in [0.1, 0.15) is 0 Å². The molecule has 1 aliphatic heterocycles. The van der Waals surface area contributed by atoms with Crippen molar-refractivity contribution in [3.05, 3.63) is 83.4 Å². The van der Waals surface area contributed by atoms with Crippen molar-refractivity contribution in [1.82, 2.24) is 0 Å². The maximum atomic E-state index is 4.91. The SMILES string of the molecule is C1=Cc2c(c3c(c4ccccc24)-c2ccccc2N=3)=CC1.C=CCBr. The number of benzene rings is 3. The van der Waals surface area contributed by atoms with E-state index < -0.39 is 0 Å². The fraction of sp³-hybridized carbons (Fsp3) is 0.0870. The fourth-order valence-electron chi connectivity index (χ4n) is 3.52. The Morgan fingerprint density at radius 1 is 1.04 bits per heavy atom. The maximum Gasteiger partial charge on any atom is 0.0798 e. The lowest BCUT2D eigenvalue weighted by Gasteiger charge is -2.11. The van der Waals surface area contributed by atoms with Crippen molar-refractivity contribution >= 4 is 44.5 Å². The predicted molar refractivity (Wildman–Crippen MR) is 112 cm³/mol. The molecule has 1 nitrogen and oxygen atoms in total. The molecule has 0 radical (unpaired) electrons. The molecular formula is C23H18BrN. The van der Waals surface area contributed by atoms with Crippen LogP contribution >= 0.6 is 15.9 Å². The Hall–Kier alpha value is -2.45. The van der Waals surface area contributed by atoms with Crippen LogP contribution in [-0.4, -0.2) is 5.33 Å². The number of halogens is 1. The molecule has 0 atom stereocenters. The summed E-state index contributed by atoms with van der Waals surface area (Å²) in [7, 11) is 0. The zero-order chi connectivity index (χ0) is 17.2. The molecule has 0 aromatic heterocycles. The third-order valence-electron chi connectivity index (χ3n) is 4.53. The lowest BCUT2D eigenvalue weighted by atomic mass is 9.91. The Morgan fingerprint density at radius 3 is 2.56 bits per heavy atom. The Balaban J connectivity index is 0.000000358. The van der Waals surface area contributed by atoms with Crippen LogP contribution in [0.3, 0.4) is 0 Å². The van der Waals surface area contributed by atoms with Crippen molar-refractivity contribution < 1.29 is 0 Å². The van der Waals surface area contributed by atoms with E-state index in [9.17, 15) is 0 Å². The standard InChI is InChI=1S/C20H13N.C3H5Br/c1-3-9-15-13(7-1)14-8-2-4-10-16(14)20-19(15)17-11-5-6-12-18(17)21-20;1-2-3-4/h1-3,5-12H,4H2;2H,1,3H2. The Morgan fingerprint density at radius 2 is 1.76 bits per heavy atom. The van der Waals surface area contributed by atoms with Crippen LogP contribution in [0.1, 0.15) is 12.0 Å². The molecule has 5 rings (SSSR count). The summed E-state index contributed by atoms with van der Waals surface area (Å²) in [5, 5.41) is 5.97. The molecule has 2 heteroatoms. The minimum Gasteiger partial charge on any atom is -0.247 e. The highest BCUT2D eigenvalue weighted by Crippen LogP contribution is 2.36. The first-order chi connectivity index (χ1) is 12.3. The second kappa shape index (κ2) is 6.81. The number of rotatable bonds is 1. The van der Waals surface area contributed by atoms with E-state index in [0.29, 0.717) is 0 Å². The van der Waals surface area contributed by atoms with E-state index in [-0.39, 0.29) is 0 Å². The van der Waals surface area contributed by atoms with Gasteiger partial charge in [0.05, 0.1) is 11.0 Å². The van der Waals surface area contributed by atoms with Crippen molar-refractivity contribution in [2.24, 2.45) is 4.99 Å². The summed E-state index contributed by atoms with van der Waals surface area (Å²) < 4.78 is 0. The molecule has 0 spiro atoms. The van der Waals surface area contributed by atoms with E-state index in [1.165, 1.54) is 32.7 Å². The first-order valence-corrected chi connectivity index (χ1v) is 9.53. The van der Waals surface area contributed by atoms with Crippen molar-refractivity contribution in [3.63, 3.8) is 0 Å². The van der Waals surface area contributed by atoms with Gasteiger partial charge in [0, 0.05) is 21.7 Å². The second-order valence-electron chi connectivity index (χ2n) is 6.01. The molecule has 0 fully saturated rings. The van der Waals surface area contributed by atoms with Crippen LogP contribution in [-0.2, 0) is 0 Å². The normalized spacial score (nSPS) is 12.8. The highest BCUT2D eigenvalue weighted by Gasteiger charge is 2.19. The van der Waals surface area contributed by atoms with E-state index in [2.05, 4.69) is 89.3 Å². The number of hydrogen-bond acceptors (Lipinski definition) is 1. The minimum atomic E-state index is 0.896. The lowest BCUT2D eigenvalue weighted by molar-refractivity contribution is 1.33. The third kappa shape index (κ3) is 2.67. The molecule has 1 heterocycles. The Labute approximate surface area is 155 Å². The van der Waals surface area contributed by atoms with Crippen LogP contribution in [0.2, 0.25) is 0 Å². The Bertz CT molecular complexity index is 1120. The summed E-state index contributed by atoms with van der Waals surface area (Å²) in [5.74, 6) is 0. The van der Waals surface area contributed by atoms with Gasteiger partial charge in [-0.3, -0.25) is 0 Å². The van der Waals surface area contributed by atoms with Crippen molar-refractivity contribution in [1.29, 1.82) is 0 Å². The van der Waals surface area contributed by atoms with E-state index in [4.69, 9.17) is 4.99 Å².